The lowest BCUT2D eigenvalue weighted by molar-refractivity contribution is 0.0487. The average Bonchev–Trinajstić information content (AvgIpc) is 2.91. The molecule has 120 valence electrons. The van der Waals surface area contributed by atoms with Gasteiger partial charge >= 0.3 is 5.97 Å². The third kappa shape index (κ3) is 3.99. The normalized spacial score (nSPS) is 11.1. The highest BCUT2D eigenvalue weighted by Gasteiger charge is 2.13. The predicted molar refractivity (Wildman–Crippen MR) is 94.2 cm³/mol. The van der Waals surface area contributed by atoms with Crippen LogP contribution in [0.3, 0.4) is 0 Å². The van der Waals surface area contributed by atoms with Gasteiger partial charge in [0, 0.05) is 30.0 Å². The van der Waals surface area contributed by atoms with Crippen molar-refractivity contribution in [1.29, 1.82) is 0 Å². The number of ether oxygens (including phenoxy) is 1. The summed E-state index contributed by atoms with van der Waals surface area (Å²) in [6, 6.07) is 8.27. The Morgan fingerprint density at radius 2 is 1.91 bits per heavy atom. The quantitative estimate of drug-likeness (QED) is 0.731. The maximum Gasteiger partial charge on any atom is 0.348 e. The molecule has 1 heterocycles. The molecule has 0 aliphatic carbocycles. The Morgan fingerprint density at radius 1 is 1.18 bits per heavy atom. The molecule has 0 spiro atoms. The van der Waals surface area contributed by atoms with E-state index in [0.29, 0.717) is 11.5 Å². The van der Waals surface area contributed by atoms with Gasteiger partial charge in [-0.1, -0.05) is 6.07 Å². The number of thiophene rings is 1. The molecule has 0 saturated carbocycles. The standard InChI is InChI=1S/C17H24N2O2S/c1-5-19(6-2)14-8-7-13-11-16(22-15(13)12-14)17(20)21-10-9-18(3)4/h7-8,11-12H,5-6,9-10H2,1-4H3. The van der Waals surface area contributed by atoms with Gasteiger partial charge in [-0.25, -0.2) is 4.79 Å². The maximum atomic E-state index is 12.1. The largest absolute Gasteiger partial charge is 0.460 e. The molecule has 0 fully saturated rings. The van der Waals surface area contributed by atoms with Gasteiger partial charge in [-0.2, -0.15) is 0 Å². The highest BCUT2D eigenvalue weighted by Crippen LogP contribution is 2.30. The van der Waals surface area contributed by atoms with Crippen molar-refractivity contribution in [3.63, 3.8) is 0 Å². The van der Waals surface area contributed by atoms with E-state index in [0.717, 1.165) is 29.7 Å². The van der Waals surface area contributed by atoms with Crippen LogP contribution in [0.15, 0.2) is 24.3 Å². The second-order valence-corrected chi connectivity index (χ2v) is 6.53. The first kappa shape index (κ1) is 16.8. The van der Waals surface area contributed by atoms with Crippen LogP contribution in [0.4, 0.5) is 5.69 Å². The number of rotatable bonds is 7. The number of anilines is 1. The molecule has 0 radical (unpaired) electrons. The zero-order valence-electron chi connectivity index (χ0n) is 13.8. The Labute approximate surface area is 136 Å². The molecule has 22 heavy (non-hydrogen) atoms. The van der Waals surface area contributed by atoms with Crippen molar-refractivity contribution < 1.29 is 9.53 Å². The lowest BCUT2D eigenvalue weighted by Gasteiger charge is -2.20. The fourth-order valence-corrected chi connectivity index (χ4v) is 3.29. The molecule has 0 N–H and O–H groups in total. The van der Waals surface area contributed by atoms with Gasteiger partial charge in [0.2, 0.25) is 0 Å². The number of nitrogens with zero attached hydrogens (tertiary/aromatic N) is 2. The fraction of sp³-hybridized carbons (Fsp3) is 0.471. The minimum absolute atomic E-state index is 0.229. The topological polar surface area (TPSA) is 32.8 Å². The molecule has 0 bridgehead atoms. The molecule has 1 aromatic heterocycles. The van der Waals surface area contributed by atoms with Crippen LogP contribution in [0.25, 0.3) is 10.1 Å². The minimum Gasteiger partial charge on any atom is -0.460 e. The summed E-state index contributed by atoms with van der Waals surface area (Å²) in [7, 11) is 3.92. The van der Waals surface area contributed by atoms with Gasteiger partial charge in [-0.15, -0.1) is 11.3 Å². The number of hydrogen-bond acceptors (Lipinski definition) is 5. The zero-order valence-corrected chi connectivity index (χ0v) is 14.6. The summed E-state index contributed by atoms with van der Waals surface area (Å²) < 4.78 is 6.44. The van der Waals surface area contributed by atoms with Crippen molar-refractivity contribution >= 4 is 33.1 Å². The average molecular weight is 320 g/mol. The molecule has 2 aromatic rings. The van der Waals surface area contributed by atoms with E-state index in [1.807, 2.05) is 25.1 Å². The summed E-state index contributed by atoms with van der Waals surface area (Å²) in [5.74, 6) is -0.229. The molecular weight excluding hydrogens is 296 g/mol. The number of hydrogen-bond donors (Lipinski definition) is 0. The summed E-state index contributed by atoms with van der Waals surface area (Å²) in [6.07, 6.45) is 0. The number of esters is 1. The van der Waals surface area contributed by atoms with Gasteiger partial charge in [-0.3, -0.25) is 0 Å². The SMILES string of the molecule is CCN(CC)c1ccc2cc(C(=O)OCCN(C)C)sc2c1. The van der Waals surface area contributed by atoms with Gasteiger partial charge in [0.05, 0.1) is 0 Å². The summed E-state index contributed by atoms with van der Waals surface area (Å²) in [5, 5.41) is 1.10. The number of carbonyl (C=O) groups is 1. The third-order valence-electron chi connectivity index (χ3n) is 3.61. The van der Waals surface area contributed by atoms with E-state index in [1.165, 1.54) is 17.0 Å². The second-order valence-electron chi connectivity index (χ2n) is 5.44. The van der Waals surface area contributed by atoms with Crippen LogP contribution in [0.5, 0.6) is 0 Å². The van der Waals surface area contributed by atoms with E-state index >= 15 is 0 Å². The van der Waals surface area contributed by atoms with Crippen LogP contribution in [-0.4, -0.2) is 51.2 Å². The lowest BCUT2D eigenvalue weighted by atomic mass is 10.2. The summed E-state index contributed by atoms with van der Waals surface area (Å²) in [5.41, 5.74) is 1.20. The van der Waals surface area contributed by atoms with Crippen LogP contribution >= 0.6 is 11.3 Å². The Kier molecular flexibility index (Phi) is 5.80. The van der Waals surface area contributed by atoms with Crippen molar-refractivity contribution in [2.45, 2.75) is 13.8 Å². The first-order valence-corrected chi connectivity index (χ1v) is 8.47. The van der Waals surface area contributed by atoms with Crippen molar-refractivity contribution in [2.24, 2.45) is 0 Å². The van der Waals surface area contributed by atoms with E-state index in [9.17, 15) is 4.79 Å². The maximum absolute atomic E-state index is 12.1. The number of fused-ring (bicyclic) bond motifs is 1. The highest BCUT2D eigenvalue weighted by atomic mass is 32.1. The lowest BCUT2D eigenvalue weighted by Crippen LogP contribution is -2.21. The molecule has 4 nitrogen and oxygen atoms in total. The number of carbonyl (C=O) groups excluding carboxylic acids is 1. The van der Waals surface area contributed by atoms with E-state index < -0.39 is 0 Å². The Balaban J connectivity index is 2.14. The molecule has 0 unspecified atom stereocenters. The molecule has 0 aliphatic rings. The van der Waals surface area contributed by atoms with Crippen LogP contribution < -0.4 is 4.90 Å². The van der Waals surface area contributed by atoms with Gasteiger partial charge in [-0.05, 0) is 51.5 Å². The molecule has 0 saturated heterocycles. The van der Waals surface area contributed by atoms with Crippen LogP contribution in [-0.2, 0) is 4.74 Å². The monoisotopic (exact) mass is 320 g/mol. The van der Waals surface area contributed by atoms with Crippen molar-refractivity contribution in [2.75, 3.05) is 45.2 Å². The Bertz CT molecular complexity index is 633. The number of likely N-dealkylation sites (N-methyl/N-ethyl adjacent to an activating group) is 1. The van der Waals surface area contributed by atoms with Crippen LogP contribution in [0.2, 0.25) is 0 Å². The Morgan fingerprint density at radius 3 is 2.55 bits per heavy atom. The van der Waals surface area contributed by atoms with Crippen molar-refractivity contribution in [3.8, 4) is 0 Å². The minimum atomic E-state index is -0.229. The molecule has 1 aromatic carbocycles. The smallest absolute Gasteiger partial charge is 0.348 e. The molecular formula is C17H24N2O2S. The van der Waals surface area contributed by atoms with E-state index in [1.54, 1.807) is 0 Å². The summed E-state index contributed by atoms with van der Waals surface area (Å²) in [4.78, 5) is 17.1. The predicted octanol–water partition coefficient (Wildman–Crippen LogP) is 3.47. The molecule has 5 heteroatoms. The van der Waals surface area contributed by atoms with E-state index in [4.69, 9.17) is 4.74 Å². The van der Waals surface area contributed by atoms with Crippen molar-refractivity contribution in [1.82, 2.24) is 4.90 Å². The molecule has 0 atom stereocenters. The summed E-state index contributed by atoms with van der Waals surface area (Å²) in [6.45, 7) is 7.42. The Hall–Kier alpha value is -1.59. The zero-order chi connectivity index (χ0) is 16.1. The highest BCUT2D eigenvalue weighted by molar-refractivity contribution is 7.20. The first-order chi connectivity index (χ1) is 10.5. The fourth-order valence-electron chi connectivity index (χ4n) is 2.30. The van der Waals surface area contributed by atoms with Crippen LogP contribution in [0, 0.1) is 0 Å². The van der Waals surface area contributed by atoms with Crippen molar-refractivity contribution in [3.05, 3.63) is 29.1 Å². The van der Waals surface area contributed by atoms with Gasteiger partial charge in [0.25, 0.3) is 0 Å². The van der Waals surface area contributed by atoms with E-state index in [2.05, 4.69) is 36.9 Å². The van der Waals surface area contributed by atoms with Crippen LogP contribution in [0.1, 0.15) is 23.5 Å². The van der Waals surface area contributed by atoms with Gasteiger partial charge < -0.3 is 14.5 Å². The number of benzene rings is 1. The molecule has 2 rings (SSSR count). The second kappa shape index (κ2) is 7.61. The molecule has 0 aliphatic heterocycles. The molecule has 0 amide bonds. The van der Waals surface area contributed by atoms with Gasteiger partial charge in [0.1, 0.15) is 11.5 Å². The third-order valence-corrected chi connectivity index (χ3v) is 4.68. The summed E-state index contributed by atoms with van der Waals surface area (Å²) >= 11 is 1.50. The van der Waals surface area contributed by atoms with Gasteiger partial charge in [0.15, 0.2) is 0 Å². The first-order valence-electron chi connectivity index (χ1n) is 7.65. The van der Waals surface area contributed by atoms with E-state index in [-0.39, 0.29) is 5.97 Å².